The van der Waals surface area contributed by atoms with E-state index in [0.29, 0.717) is 28.3 Å². The lowest BCUT2D eigenvalue weighted by Crippen LogP contribution is -2.02. The molecule has 0 saturated heterocycles. The topological polar surface area (TPSA) is 66.9 Å². The second-order valence-electron chi connectivity index (χ2n) is 6.05. The first-order valence-electron chi connectivity index (χ1n) is 8.74. The number of carbonyl (C=O) groups excluding carboxylic acids is 1. The number of carbonyl (C=O) groups is 1. The fraction of sp³-hybridized carbons (Fsp3) is 0.182. The van der Waals surface area contributed by atoms with Gasteiger partial charge in [0.1, 0.15) is 17.5 Å². The molecule has 1 aromatic heterocycles. The molecule has 0 aliphatic rings. The number of hydrogen-bond donors (Lipinski definition) is 0. The second-order valence-corrected chi connectivity index (χ2v) is 6.41. The number of halogens is 1. The standard InChI is InChI=1S/C22H20ClNO5/c1-26-17-7-6-15-11-16(22(23)24-18(15)12-17)13-29-21(25)9-5-14-4-8-19(27-2)20(10-14)28-3/h4-12H,13H2,1-3H3/b9-5+. The molecular formula is C22H20ClNO5. The van der Waals surface area contributed by atoms with Gasteiger partial charge in [-0.15, -0.1) is 0 Å². The number of pyridine rings is 1. The summed E-state index contributed by atoms with van der Waals surface area (Å²) >= 11 is 6.23. The minimum absolute atomic E-state index is 0.0168. The monoisotopic (exact) mass is 413 g/mol. The number of ether oxygens (including phenoxy) is 4. The zero-order valence-electron chi connectivity index (χ0n) is 16.3. The average molecular weight is 414 g/mol. The Morgan fingerprint density at radius 2 is 1.79 bits per heavy atom. The number of esters is 1. The van der Waals surface area contributed by atoms with Crippen LogP contribution in [0.4, 0.5) is 0 Å². The number of hydrogen-bond acceptors (Lipinski definition) is 6. The smallest absolute Gasteiger partial charge is 0.331 e. The molecule has 3 aromatic rings. The van der Waals surface area contributed by atoms with E-state index in [2.05, 4.69) is 4.98 Å². The summed E-state index contributed by atoms with van der Waals surface area (Å²) in [5.41, 5.74) is 2.11. The lowest BCUT2D eigenvalue weighted by molar-refractivity contribution is -0.138. The summed E-state index contributed by atoms with van der Waals surface area (Å²) in [5.74, 6) is 1.39. The molecule has 0 fully saturated rings. The number of fused-ring (bicyclic) bond motifs is 1. The van der Waals surface area contributed by atoms with Crippen LogP contribution in [0, 0.1) is 0 Å². The molecule has 6 nitrogen and oxygen atoms in total. The highest BCUT2D eigenvalue weighted by atomic mass is 35.5. The molecule has 2 aromatic carbocycles. The van der Waals surface area contributed by atoms with Crippen molar-refractivity contribution in [3.05, 3.63) is 64.8 Å². The van der Waals surface area contributed by atoms with Crippen molar-refractivity contribution in [1.82, 2.24) is 4.98 Å². The van der Waals surface area contributed by atoms with Crippen molar-refractivity contribution in [1.29, 1.82) is 0 Å². The molecule has 29 heavy (non-hydrogen) atoms. The molecule has 0 unspecified atom stereocenters. The Kier molecular flexibility index (Phi) is 6.57. The van der Waals surface area contributed by atoms with E-state index in [1.807, 2.05) is 24.3 Å². The summed E-state index contributed by atoms with van der Waals surface area (Å²) < 4.78 is 20.9. The molecule has 0 N–H and O–H groups in total. The van der Waals surface area contributed by atoms with Gasteiger partial charge in [0.05, 0.1) is 26.8 Å². The van der Waals surface area contributed by atoms with Gasteiger partial charge in [-0.2, -0.15) is 0 Å². The molecule has 0 saturated carbocycles. The van der Waals surface area contributed by atoms with Crippen molar-refractivity contribution >= 4 is 34.5 Å². The summed E-state index contributed by atoms with van der Waals surface area (Å²) in [4.78, 5) is 16.4. The highest BCUT2D eigenvalue weighted by Crippen LogP contribution is 2.28. The zero-order valence-corrected chi connectivity index (χ0v) is 17.0. The van der Waals surface area contributed by atoms with Crippen LogP contribution in [-0.4, -0.2) is 32.3 Å². The summed E-state index contributed by atoms with van der Waals surface area (Å²) in [7, 11) is 4.71. The Morgan fingerprint density at radius 1 is 1.00 bits per heavy atom. The number of methoxy groups -OCH3 is 3. The molecule has 0 aliphatic carbocycles. The molecular weight excluding hydrogens is 394 g/mol. The number of nitrogens with zero attached hydrogens (tertiary/aromatic N) is 1. The van der Waals surface area contributed by atoms with Crippen LogP contribution in [0.15, 0.2) is 48.5 Å². The van der Waals surface area contributed by atoms with E-state index >= 15 is 0 Å². The van der Waals surface area contributed by atoms with Crippen molar-refractivity contribution in [3.8, 4) is 17.2 Å². The fourth-order valence-corrected chi connectivity index (χ4v) is 2.91. The van der Waals surface area contributed by atoms with E-state index in [0.717, 1.165) is 10.9 Å². The van der Waals surface area contributed by atoms with Crippen molar-refractivity contribution in [2.75, 3.05) is 21.3 Å². The van der Waals surface area contributed by atoms with Gasteiger partial charge < -0.3 is 18.9 Å². The fourth-order valence-electron chi connectivity index (χ4n) is 2.71. The third-order valence-corrected chi connectivity index (χ3v) is 4.57. The zero-order chi connectivity index (χ0) is 20.8. The van der Waals surface area contributed by atoms with Crippen LogP contribution in [0.5, 0.6) is 17.2 Å². The summed E-state index contributed by atoms with van der Waals surface area (Å²) in [6.07, 6.45) is 2.98. The van der Waals surface area contributed by atoms with Crippen LogP contribution in [0.2, 0.25) is 5.15 Å². The van der Waals surface area contributed by atoms with Gasteiger partial charge >= 0.3 is 5.97 Å². The van der Waals surface area contributed by atoms with Crippen LogP contribution in [0.25, 0.3) is 17.0 Å². The lowest BCUT2D eigenvalue weighted by Gasteiger charge is -2.08. The number of aromatic nitrogens is 1. The molecule has 0 atom stereocenters. The maximum absolute atomic E-state index is 12.1. The third kappa shape index (κ3) is 4.97. The van der Waals surface area contributed by atoms with Gasteiger partial charge in [0.15, 0.2) is 11.5 Å². The normalized spacial score (nSPS) is 10.9. The van der Waals surface area contributed by atoms with Crippen molar-refractivity contribution in [3.63, 3.8) is 0 Å². The highest BCUT2D eigenvalue weighted by Gasteiger charge is 2.09. The Bertz CT molecular complexity index is 1060. The van der Waals surface area contributed by atoms with Crippen LogP contribution in [-0.2, 0) is 16.1 Å². The van der Waals surface area contributed by atoms with Gasteiger partial charge in [-0.25, -0.2) is 9.78 Å². The second kappa shape index (κ2) is 9.30. The highest BCUT2D eigenvalue weighted by molar-refractivity contribution is 6.30. The Balaban J connectivity index is 1.67. The van der Waals surface area contributed by atoms with Gasteiger partial charge in [-0.1, -0.05) is 17.7 Å². The molecule has 1 heterocycles. The van der Waals surface area contributed by atoms with Crippen LogP contribution in [0.3, 0.4) is 0 Å². The van der Waals surface area contributed by atoms with E-state index in [4.69, 9.17) is 30.5 Å². The Hall–Kier alpha value is -3.25. The van der Waals surface area contributed by atoms with E-state index in [-0.39, 0.29) is 11.8 Å². The van der Waals surface area contributed by atoms with E-state index < -0.39 is 5.97 Å². The largest absolute Gasteiger partial charge is 0.497 e. The summed E-state index contributed by atoms with van der Waals surface area (Å²) in [6.45, 7) is 0.0168. The predicted molar refractivity (Wildman–Crippen MR) is 112 cm³/mol. The lowest BCUT2D eigenvalue weighted by atomic mass is 10.1. The first-order chi connectivity index (χ1) is 14.0. The molecule has 0 spiro atoms. The summed E-state index contributed by atoms with van der Waals surface area (Å²) in [6, 6.07) is 12.7. The predicted octanol–water partition coefficient (Wildman–Crippen LogP) is 4.67. The van der Waals surface area contributed by atoms with E-state index in [1.54, 1.807) is 45.6 Å². The van der Waals surface area contributed by atoms with Crippen LogP contribution < -0.4 is 14.2 Å². The number of benzene rings is 2. The van der Waals surface area contributed by atoms with Gasteiger partial charge in [0, 0.05) is 23.1 Å². The van der Waals surface area contributed by atoms with Crippen molar-refractivity contribution in [2.45, 2.75) is 6.61 Å². The first-order valence-corrected chi connectivity index (χ1v) is 9.12. The molecule has 3 rings (SSSR count). The first kappa shape index (κ1) is 20.5. The molecule has 7 heteroatoms. The maximum Gasteiger partial charge on any atom is 0.331 e. The van der Waals surface area contributed by atoms with Crippen LogP contribution >= 0.6 is 11.6 Å². The SMILES string of the molecule is COc1ccc2cc(COC(=O)/C=C/c3ccc(OC)c(OC)c3)c(Cl)nc2c1. The van der Waals surface area contributed by atoms with Gasteiger partial charge in [0.2, 0.25) is 0 Å². The third-order valence-electron chi connectivity index (χ3n) is 4.24. The van der Waals surface area contributed by atoms with Crippen molar-refractivity contribution in [2.24, 2.45) is 0 Å². The Morgan fingerprint density at radius 3 is 2.52 bits per heavy atom. The molecule has 0 aliphatic heterocycles. The molecule has 0 bridgehead atoms. The Labute approximate surface area is 173 Å². The quantitative estimate of drug-likeness (QED) is 0.318. The molecule has 0 radical (unpaired) electrons. The maximum atomic E-state index is 12.1. The van der Waals surface area contributed by atoms with Gasteiger partial charge in [-0.05, 0) is 42.0 Å². The van der Waals surface area contributed by atoms with E-state index in [1.165, 1.54) is 6.08 Å². The van der Waals surface area contributed by atoms with Crippen molar-refractivity contribution < 1.29 is 23.7 Å². The molecule has 150 valence electrons. The number of rotatable bonds is 7. The summed E-state index contributed by atoms with van der Waals surface area (Å²) in [5, 5.41) is 1.16. The van der Waals surface area contributed by atoms with Gasteiger partial charge in [0.25, 0.3) is 0 Å². The minimum Gasteiger partial charge on any atom is -0.497 e. The molecule has 0 amide bonds. The minimum atomic E-state index is -0.495. The average Bonchev–Trinajstić information content (AvgIpc) is 2.75. The van der Waals surface area contributed by atoms with Gasteiger partial charge in [-0.3, -0.25) is 0 Å². The van der Waals surface area contributed by atoms with E-state index in [9.17, 15) is 4.79 Å². The van der Waals surface area contributed by atoms with Crippen LogP contribution in [0.1, 0.15) is 11.1 Å².